The molecule has 3 aromatic carbocycles. The number of imidazole rings is 1. The summed E-state index contributed by atoms with van der Waals surface area (Å²) in [7, 11) is 0. The summed E-state index contributed by atoms with van der Waals surface area (Å²) in [4.78, 5) is 29.3. The van der Waals surface area contributed by atoms with Crippen molar-refractivity contribution in [1.82, 2.24) is 9.71 Å². The molecule has 0 saturated heterocycles. The monoisotopic (exact) mass is 515 g/mol. The Morgan fingerprint density at radius 3 is 2.34 bits per heavy atom. The summed E-state index contributed by atoms with van der Waals surface area (Å²) in [5.41, 5.74) is 4.77. The van der Waals surface area contributed by atoms with Gasteiger partial charge >= 0.3 is 0 Å². The van der Waals surface area contributed by atoms with Gasteiger partial charge in [0.25, 0.3) is 11.8 Å². The first-order chi connectivity index (χ1) is 18.1. The summed E-state index contributed by atoms with van der Waals surface area (Å²) in [5.74, 6) is -4.25. The molecule has 4 aromatic rings. The van der Waals surface area contributed by atoms with E-state index in [4.69, 9.17) is 0 Å². The lowest BCUT2D eigenvalue weighted by Gasteiger charge is -2.17. The van der Waals surface area contributed by atoms with E-state index in [2.05, 4.69) is 10.3 Å². The number of rotatable bonds is 7. The fraction of sp³-hybridized carbons (Fsp3) is 0.233. The predicted octanol–water partition coefficient (Wildman–Crippen LogP) is 6.95. The predicted molar refractivity (Wildman–Crippen MR) is 141 cm³/mol. The molecule has 2 N–H and O–H groups in total. The van der Waals surface area contributed by atoms with Crippen LogP contribution in [0.1, 0.15) is 56.1 Å². The SMILES string of the molecule is Cc1cccc(C)c1-c1cc(C=O)cc(-c2nc(C)c(C(=O)Nc3cccc(C(F)(F)C4CC4)c3)n2O)c1. The Balaban J connectivity index is 1.50. The number of nitrogens with one attached hydrogen (secondary N) is 1. The average molecular weight is 516 g/mol. The van der Waals surface area contributed by atoms with Crippen LogP contribution in [0.25, 0.3) is 22.5 Å². The number of amides is 1. The molecule has 1 aliphatic carbocycles. The molecular formula is C30H27F2N3O3. The Bertz CT molecular complexity index is 1550. The summed E-state index contributed by atoms with van der Waals surface area (Å²) in [5, 5.41) is 13.6. The van der Waals surface area contributed by atoms with Crippen molar-refractivity contribution in [3.63, 3.8) is 0 Å². The molecule has 38 heavy (non-hydrogen) atoms. The van der Waals surface area contributed by atoms with Crippen LogP contribution in [-0.4, -0.2) is 27.1 Å². The fourth-order valence-electron chi connectivity index (χ4n) is 4.90. The highest BCUT2D eigenvalue weighted by molar-refractivity contribution is 6.04. The lowest BCUT2D eigenvalue weighted by atomic mass is 9.93. The van der Waals surface area contributed by atoms with Crippen molar-refractivity contribution < 1.29 is 23.6 Å². The van der Waals surface area contributed by atoms with Crippen LogP contribution in [0.5, 0.6) is 0 Å². The van der Waals surface area contributed by atoms with Gasteiger partial charge in [-0.2, -0.15) is 4.73 Å². The lowest BCUT2D eigenvalue weighted by Crippen LogP contribution is -2.19. The van der Waals surface area contributed by atoms with Crippen molar-refractivity contribution in [2.75, 3.05) is 5.32 Å². The summed E-state index contributed by atoms with van der Waals surface area (Å²) in [6.07, 6.45) is 1.67. The molecule has 0 unspecified atom stereocenters. The van der Waals surface area contributed by atoms with Crippen molar-refractivity contribution in [1.29, 1.82) is 0 Å². The summed E-state index contributed by atoms with van der Waals surface area (Å²) >= 11 is 0. The van der Waals surface area contributed by atoms with Crippen molar-refractivity contribution >= 4 is 17.9 Å². The zero-order chi connectivity index (χ0) is 27.2. The van der Waals surface area contributed by atoms with Crippen molar-refractivity contribution in [3.8, 4) is 22.5 Å². The minimum atomic E-state index is -2.96. The summed E-state index contributed by atoms with van der Waals surface area (Å²) in [6.45, 7) is 5.52. The van der Waals surface area contributed by atoms with Gasteiger partial charge in [0.1, 0.15) is 6.29 Å². The highest BCUT2D eigenvalue weighted by Gasteiger charge is 2.48. The number of hydrogen-bond donors (Lipinski definition) is 2. The number of aldehydes is 1. The van der Waals surface area contributed by atoms with Gasteiger partial charge in [-0.1, -0.05) is 30.3 Å². The maximum absolute atomic E-state index is 14.6. The van der Waals surface area contributed by atoms with E-state index >= 15 is 0 Å². The average Bonchev–Trinajstić information content (AvgIpc) is 3.69. The van der Waals surface area contributed by atoms with Gasteiger partial charge in [-0.3, -0.25) is 9.59 Å². The molecule has 1 fully saturated rings. The molecule has 8 heteroatoms. The van der Waals surface area contributed by atoms with Crippen LogP contribution in [-0.2, 0) is 5.92 Å². The molecule has 0 spiro atoms. The molecule has 194 valence electrons. The van der Waals surface area contributed by atoms with E-state index in [1.54, 1.807) is 19.1 Å². The van der Waals surface area contributed by atoms with Gasteiger partial charge in [0.05, 0.1) is 5.69 Å². The topological polar surface area (TPSA) is 84.2 Å². The smallest absolute Gasteiger partial charge is 0.277 e. The van der Waals surface area contributed by atoms with Crippen LogP contribution < -0.4 is 5.32 Å². The summed E-state index contributed by atoms with van der Waals surface area (Å²) in [6, 6.07) is 16.7. The third-order valence-corrected chi connectivity index (χ3v) is 6.96. The lowest BCUT2D eigenvalue weighted by molar-refractivity contribution is -0.0285. The van der Waals surface area contributed by atoms with Crippen LogP contribution >= 0.6 is 0 Å². The van der Waals surface area contributed by atoms with E-state index < -0.39 is 17.7 Å². The normalized spacial score (nSPS) is 13.4. The van der Waals surface area contributed by atoms with Gasteiger partial charge in [-0.15, -0.1) is 0 Å². The van der Waals surface area contributed by atoms with Crippen LogP contribution in [0, 0.1) is 26.7 Å². The fourth-order valence-corrected chi connectivity index (χ4v) is 4.90. The summed E-state index contributed by atoms with van der Waals surface area (Å²) < 4.78 is 29.8. The first-order valence-electron chi connectivity index (χ1n) is 12.4. The van der Waals surface area contributed by atoms with Crippen LogP contribution in [0.15, 0.2) is 60.7 Å². The molecule has 1 amide bonds. The molecule has 6 nitrogen and oxygen atoms in total. The number of anilines is 1. The van der Waals surface area contributed by atoms with E-state index in [0.29, 0.717) is 28.7 Å². The quantitative estimate of drug-likeness (QED) is 0.206. The number of carbonyl (C=O) groups excluding carboxylic acids is 2. The highest BCUT2D eigenvalue weighted by atomic mass is 19.3. The number of carbonyl (C=O) groups is 2. The van der Waals surface area contributed by atoms with Gasteiger partial charge in [-0.25, -0.2) is 13.8 Å². The number of nitrogens with zero attached hydrogens (tertiary/aromatic N) is 2. The Morgan fingerprint density at radius 1 is 1.03 bits per heavy atom. The van der Waals surface area contributed by atoms with Crippen LogP contribution in [0.3, 0.4) is 0 Å². The molecule has 1 heterocycles. The third kappa shape index (κ3) is 4.58. The van der Waals surface area contributed by atoms with Crippen LogP contribution in [0.2, 0.25) is 0 Å². The van der Waals surface area contributed by atoms with E-state index in [0.717, 1.165) is 28.5 Å². The zero-order valence-electron chi connectivity index (χ0n) is 21.3. The molecule has 5 rings (SSSR count). The maximum Gasteiger partial charge on any atom is 0.277 e. The number of benzene rings is 3. The first-order valence-corrected chi connectivity index (χ1v) is 12.4. The Morgan fingerprint density at radius 2 is 1.68 bits per heavy atom. The van der Waals surface area contributed by atoms with Gasteiger partial charge in [0.15, 0.2) is 11.5 Å². The van der Waals surface area contributed by atoms with Crippen molar-refractivity contribution in [2.45, 2.75) is 39.5 Å². The second-order valence-electron chi connectivity index (χ2n) is 9.84. The standard InChI is InChI=1S/C30H27F2N3O3/c1-17-6-4-7-18(2)26(17)21-12-20(16-36)13-22(14-21)28-33-19(3)27(35(28)38)29(37)34-25-9-5-8-24(15-25)30(31,32)23-10-11-23/h4-9,12-16,23,38H,10-11H2,1-3H3,(H,34,37). The first kappa shape index (κ1) is 25.3. The number of hydrogen-bond acceptors (Lipinski definition) is 4. The van der Waals surface area contributed by atoms with E-state index in [1.807, 2.05) is 38.1 Å². The second kappa shape index (κ2) is 9.52. The molecule has 1 aromatic heterocycles. The van der Waals surface area contributed by atoms with Crippen LogP contribution in [0.4, 0.5) is 14.5 Å². The third-order valence-electron chi connectivity index (χ3n) is 6.96. The Labute approximate surface area is 218 Å². The minimum Gasteiger partial charge on any atom is -0.426 e. The maximum atomic E-state index is 14.6. The number of alkyl halides is 2. The van der Waals surface area contributed by atoms with Crippen molar-refractivity contribution in [2.24, 2.45) is 5.92 Å². The Kier molecular flexibility index (Phi) is 6.34. The van der Waals surface area contributed by atoms with Gasteiger partial charge in [0.2, 0.25) is 0 Å². The van der Waals surface area contributed by atoms with E-state index in [-0.39, 0.29) is 28.5 Å². The number of aryl methyl sites for hydroxylation is 3. The van der Waals surface area contributed by atoms with Gasteiger partial charge < -0.3 is 10.5 Å². The minimum absolute atomic E-state index is 0.0813. The molecule has 0 aliphatic heterocycles. The highest BCUT2D eigenvalue weighted by Crippen LogP contribution is 2.50. The molecule has 0 atom stereocenters. The molecule has 1 saturated carbocycles. The largest absolute Gasteiger partial charge is 0.426 e. The second-order valence-corrected chi connectivity index (χ2v) is 9.84. The van der Waals surface area contributed by atoms with Crippen molar-refractivity contribution in [3.05, 3.63) is 94.3 Å². The molecule has 0 bridgehead atoms. The van der Waals surface area contributed by atoms with E-state index in [9.17, 15) is 23.6 Å². The molecular weight excluding hydrogens is 488 g/mol. The molecule has 0 radical (unpaired) electrons. The molecule has 1 aliphatic rings. The van der Waals surface area contributed by atoms with Gasteiger partial charge in [0, 0.05) is 28.3 Å². The van der Waals surface area contributed by atoms with E-state index in [1.165, 1.54) is 24.3 Å². The number of aromatic nitrogens is 2. The zero-order valence-corrected chi connectivity index (χ0v) is 21.3. The number of halogens is 2. The van der Waals surface area contributed by atoms with Gasteiger partial charge in [-0.05, 0) is 86.2 Å². The Hall–Kier alpha value is -4.33.